The van der Waals surface area contributed by atoms with E-state index in [9.17, 15) is 13.5 Å². The van der Waals surface area contributed by atoms with Crippen LogP contribution in [0.25, 0.3) is 0 Å². The van der Waals surface area contributed by atoms with Gasteiger partial charge in [0.25, 0.3) is 10.0 Å². The Bertz CT molecular complexity index is 695. The van der Waals surface area contributed by atoms with E-state index in [1.807, 2.05) is 0 Å². The number of sulfonamides is 1. The minimum absolute atomic E-state index is 0.0156. The molecular formula is C12H15N3O3S2. The maximum atomic E-state index is 12.1. The van der Waals surface area contributed by atoms with E-state index < -0.39 is 10.0 Å². The van der Waals surface area contributed by atoms with Crippen LogP contribution in [0.2, 0.25) is 0 Å². The molecule has 1 heterocycles. The molecule has 0 unspecified atom stereocenters. The molecule has 2 N–H and O–H groups in total. The van der Waals surface area contributed by atoms with Crippen LogP contribution in [-0.2, 0) is 16.4 Å². The standard InChI is InChI=1S/C12H15N3O3S2/c1-8(2)6-11-13-14-12(19-11)15-20(17,18)10-5-3-4-9(16)7-10/h3-5,7-8,16H,6H2,1-2H3,(H,14,15). The third-order valence-electron chi connectivity index (χ3n) is 2.40. The Kier molecular flexibility index (Phi) is 4.24. The molecule has 0 aliphatic rings. The smallest absolute Gasteiger partial charge is 0.263 e. The number of nitrogens with zero attached hydrogens (tertiary/aromatic N) is 2. The van der Waals surface area contributed by atoms with Gasteiger partial charge in [0.15, 0.2) is 0 Å². The molecule has 0 atom stereocenters. The summed E-state index contributed by atoms with van der Waals surface area (Å²) in [7, 11) is -3.75. The van der Waals surface area contributed by atoms with Gasteiger partial charge >= 0.3 is 0 Å². The van der Waals surface area contributed by atoms with Gasteiger partial charge in [0.2, 0.25) is 5.13 Å². The highest BCUT2D eigenvalue weighted by Gasteiger charge is 2.17. The lowest BCUT2D eigenvalue weighted by Crippen LogP contribution is -2.12. The number of aromatic nitrogens is 2. The number of phenols is 1. The van der Waals surface area contributed by atoms with Gasteiger partial charge in [-0.25, -0.2) is 8.42 Å². The molecule has 0 aliphatic heterocycles. The molecule has 20 heavy (non-hydrogen) atoms. The summed E-state index contributed by atoms with van der Waals surface area (Å²) in [5, 5.41) is 18.1. The van der Waals surface area contributed by atoms with Crippen molar-refractivity contribution in [2.45, 2.75) is 25.2 Å². The average Bonchev–Trinajstić information content (AvgIpc) is 2.74. The van der Waals surface area contributed by atoms with E-state index in [4.69, 9.17) is 0 Å². The van der Waals surface area contributed by atoms with Crippen molar-refractivity contribution in [1.29, 1.82) is 0 Å². The molecule has 108 valence electrons. The highest BCUT2D eigenvalue weighted by Crippen LogP contribution is 2.23. The SMILES string of the molecule is CC(C)Cc1nnc(NS(=O)(=O)c2cccc(O)c2)s1. The van der Waals surface area contributed by atoms with E-state index in [0.29, 0.717) is 5.92 Å². The second kappa shape index (κ2) is 5.76. The first kappa shape index (κ1) is 14.7. The van der Waals surface area contributed by atoms with Gasteiger partial charge in [0, 0.05) is 12.5 Å². The topological polar surface area (TPSA) is 92.2 Å². The Morgan fingerprint density at radius 3 is 2.75 bits per heavy atom. The van der Waals surface area contributed by atoms with Crippen molar-refractivity contribution in [2.75, 3.05) is 4.72 Å². The van der Waals surface area contributed by atoms with E-state index in [-0.39, 0.29) is 15.8 Å². The second-order valence-electron chi connectivity index (χ2n) is 4.70. The fraction of sp³-hybridized carbons (Fsp3) is 0.333. The number of phenolic OH excluding ortho intramolecular Hbond substituents is 1. The van der Waals surface area contributed by atoms with Crippen LogP contribution in [0.1, 0.15) is 18.9 Å². The summed E-state index contributed by atoms with van der Waals surface area (Å²) in [5.74, 6) is 0.323. The van der Waals surface area contributed by atoms with Gasteiger partial charge in [-0.15, -0.1) is 10.2 Å². The lowest BCUT2D eigenvalue weighted by Gasteiger charge is -2.04. The number of hydrogen-bond acceptors (Lipinski definition) is 6. The Balaban J connectivity index is 2.18. The van der Waals surface area contributed by atoms with Gasteiger partial charge < -0.3 is 5.11 Å². The highest BCUT2D eigenvalue weighted by molar-refractivity contribution is 7.93. The molecule has 1 aromatic carbocycles. The van der Waals surface area contributed by atoms with Crippen LogP contribution in [0.5, 0.6) is 5.75 Å². The second-order valence-corrected chi connectivity index (χ2v) is 7.45. The summed E-state index contributed by atoms with van der Waals surface area (Å²) < 4.78 is 26.6. The summed E-state index contributed by atoms with van der Waals surface area (Å²) in [5.41, 5.74) is 0. The van der Waals surface area contributed by atoms with Crippen molar-refractivity contribution >= 4 is 26.5 Å². The predicted octanol–water partition coefficient (Wildman–Crippen LogP) is 2.24. The normalized spacial score (nSPS) is 11.8. The van der Waals surface area contributed by atoms with E-state index in [0.717, 1.165) is 11.4 Å². The van der Waals surface area contributed by atoms with Crippen LogP contribution in [0.3, 0.4) is 0 Å². The van der Waals surface area contributed by atoms with Crippen molar-refractivity contribution in [3.05, 3.63) is 29.3 Å². The van der Waals surface area contributed by atoms with Crippen molar-refractivity contribution in [1.82, 2.24) is 10.2 Å². The minimum Gasteiger partial charge on any atom is -0.508 e. The summed E-state index contributed by atoms with van der Waals surface area (Å²) in [4.78, 5) is -0.0156. The lowest BCUT2D eigenvalue weighted by molar-refractivity contribution is 0.473. The predicted molar refractivity (Wildman–Crippen MR) is 77.4 cm³/mol. The van der Waals surface area contributed by atoms with Crippen LogP contribution >= 0.6 is 11.3 Å². The summed E-state index contributed by atoms with van der Waals surface area (Å²) in [6.45, 7) is 4.11. The Morgan fingerprint density at radius 1 is 1.35 bits per heavy atom. The number of hydrogen-bond donors (Lipinski definition) is 2. The molecule has 0 saturated heterocycles. The summed E-state index contributed by atoms with van der Waals surface area (Å²) in [6, 6.07) is 5.45. The van der Waals surface area contributed by atoms with Crippen molar-refractivity contribution < 1.29 is 13.5 Å². The molecule has 2 aromatic rings. The zero-order valence-electron chi connectivity index (χ0n) is 11.1. The number of rotatable bonds is 5. The summed E-state index contributed by atoms with van der Waals surface area (Å²) >= 11 is 1.21. The van der Waals surface area contributed by atoms with E-state index in [1.54, 1.807) is 0 Å². The zero-order valence-corrected chi connectivity index (χ0v) is 12.7. The largest absolute Gasteiger partial charge is 0.508 e. The first-order valence-corrected chi connectivity index (χ1v) is 8.31. The fourth-order valence-corrected chi connectivity index (χ4v) is 3.77. The van der Waals surface area contributed by atoms with Gasteiger partial charge in [-0.1, -0.05) is 31.3 Å². The Labute approximate surface area is 121 Å². The molecule has 0 saturated carbocycles. The van der Waals surface area contributed by atoms with Crippen LogP contribution in [-0.4, -0.2) is 23.7 Å². The molecule has 1 aromatic heterocycles. The molecule has 0 radical (unpaired) electrons. The maximum Gasteiger partial charge on any atom is 0.263 e. The van der Waals surface area contributed by atoms with Crippen LogP contribution in [0.15, 0.2) is 29.2 Å². The zero-order chi connectivity index (χ0) is 14.8. The van der Waals surface area contributed by atoms with E-state index in [1.165, 1.54) is 35.6 Å². The third-order valence-corrected chi connectivity index (χ3v) is 4.73. The van der Waals surface area contributed by atoms with Crippen molar-refractivity contribution in [3.8, 4) is 5.75 Å². The quantitative estimate of drug-likeness (QED) is 0.883. The van der Waals surface area contributed by atoms with Crippen LogP contribution in [0.4, 0.5) is 5.13 Å². The summed E-state index contributed by atoms with van der Waals surface area (Å²) in [6.07, 6.45) is 0.755. The molecule has 0 aliphatic carbocycles. The Hall–Kier alpha value is -1.67. The monoisotopic (exact) mass is 313 g/mol. The van der Waals surface area contributed by atoms with Gasteiger partial charge in [-0.3, -0.25) is 4.72 Å². The number of aromatic hydroxyl groups is 1. The van der Waals surface area contributed by atoms with Gasteiger partial charge in [0.1, 0.15) is 10.8 Å². The van der Waals surface area contributed by atoms with Gasteiger partial charge in [-0.2, -0.15) is 0 Å². The molecule has 8 heteroatoms. The molecular weight excluding hydrogens is 298 g/mol. The molecule has 2 rings (SSSR count). The lowest BCUT2D eigenvalue weighted by atomic mass is 10.1. The van der Waals surface area contributed by atoms with Crippen LogP contribution < -0.4 is 4.72 Å². The molecule has 6 nitrogen and oxygen atoms in total. The van der Waals surface area contributed by atoms with Crippen LogP contribution in [0, 0.1) is 5.92 Å². The van der Waals surface area contributed by atoms with Crippen molar-refractivity contribution in [3.63, 3.8) is 0 Å². The number of nitrogens with one attached hydrogen (secondary N) is 1. The van der Waals surface area contributed by atoms with Gasteiger partial charge in [0.05, 0.1) is 4.90 Å². The van der Waals surface area contributed by atoms with Crippen molar-refractivity contribution in [2.24, 2.45) is 5.92 Å². The molecule has 0 fully saturated rings. The minimum atomic E-state index is -3.75. The fourth-order valence-electron chi connectivity index (χ4n) is 1.55. The number of anilines is 1. The molecule has 0 amide bonds. The Morgan fingerprint density at radius 2 is 2.10 bits per heavy atom. The average molecular weight is 313 g/mol. The third kappa shape index (κ3) is 3.67. The molecule has 0 bridgehead atoms. The highest BCUT2D eigenvalue weighted by atomic mass is 32.2. The van der Waals surface area contributed by atoms with E-state index in [2.05, 4.69) is 28.8 Å². The van der Waals surface area contributed by atoms with E-state index >= 15 is 0 Å². The maximum absolute atomic E-state index is 12.1. The first-order chi connectivity index (χ1) is 9.37. The number of benzene rings is 1. The molecule has 0 spiro atoms. The first-order valence-electron chi connectivity index (χ1n) is 6.01. The van der Waals surface area contributed by atoms with Gasteiger partial charge in [-0.05, 0) is 18.1 Å².